The number of aromatic nitrogens is 2. The summed E-state index contributed by atoms with van der Waals surface area (Å²) in [6.45, 7) is 6.47. The second-order valence-corrected chi connectivity index (χ2v) is 9.40. The number of hydrogen-bond donors (Lipinski definition) is 1. The summed E-state index contributed by atoms with van der Waals surface area (Å²) in [5.41, 5.74) is 2.18. The van der Waals surface area contributed by atoms with Crippen molar-refractivity contribution in [3.05, 3.63) is 40.1 Å². The number of carbonyl (C=O) groups excluding carboxylic acids is 1. The molecule has 2 aromatic heterocycles. The monoisotopic (exact) mass is 472 g/mol. The molecule has 1 spiro atoms. The number of nitrogens with zero attached hydrogens (tertiary/aromatic N) is 4. The zero-order valence-electron chi connectivity index (χ0n) is 18.1. The van der Waals surface area contributed by atoms with Crippen molar-refractivity contribution in [3.63, 3.8) is 0 Å². The molecule has 0 aliphatic carbocycles. The van der Waals surface area contributed by atoms with Gasteiger partial charge < -0.3 is 14.6 Å². The van der Waals surface area contributed by atoms with Gasteiger partial charge in [-0.05, 0) is 44.9 Å². The smallest absolute Gasteiger partial charge is 0.475 e. The third-order valence-electron chi connectivity index (χ3n) is 5.96. The maximum atomic E-state index is 13.2. The molecule has 2 aliphatic heterocycles. The molecular weight excluding hydrogens is 445 g/mol. The van der Waals surface area contributed by atoms with Crippen molar-refractivity contribution < 1.29 is 27.9 Å². The van der Waals surface area contributed by atoms with Gasteiger partial charge in [-0.3, -0.25) is 9.69 Å². The van der Waals surface area contributed by atoms with Crippen LogP contribution in [0, 0.1) is 12.3 Å². The molecule has 1 atom stereocenters. The first kappa shape index (κ1) is 24.2. The number of hydrogen-bond acceptors (Lipinski definition) is 5. The average molecular weight is 473 g/mol. The van der Waals surface area contributed by atoms with Crippen molar-refractivity contribution in [2.24, 2.45) is 12.5 Å². The van der Waals surface area contributed by atoms with Crippen LogP contribution in [0.1, 0.15) is 35.7 Å². The largest absolute Gasteiger partial charge is 0.490 e. The molecule has 0 radical (unpaired) electrons. The second kappa shape index (κ2) is 9.62. The lowest BCUT2D eigenvalue weighted by Gasteiger charge is -2.39. The molecular formula is C21H27F3N4O3S. The van der Waals surface area contributed by atoms with E-state index in [1.54, 1.807) is 11.3 Å². The minimum absolute atomic E-state index is 0.172. The highest BCUT2D eigenvalue weighted by Gasteiger charge is 2.48. The van der Waals surface area contributed by atoms with Crippen LogP contribution in [-0.2, 0) is 29.7 Å². The minimum Gasteiger partial charge on any atom is -0.475 e. The highest BCUT2D eigenvalue weighted by Crippen LogP contribution is 2.41. The van der Waals surface area contributed by atoms with E-state index in [9.17, 15) is 18.0 Å². The molecule has 7 nitrogen and oxygen atoms in total. The summed E-state index contributed by atoms with van der Waals surface area (Å²) in [5, 5.41) is 10.3. The highest BCUT2D eigenvalue weighted by molar-refractivity contribution is 7.09. The Hall–Kier alpha value is -2.40. The predicted molar refractivity (Wildman–Crippen MR) is 113 cm³/mol. The molecule has 2 aliphatic rings. The Morgan fingerprint density at radius 1 is 1.28 bits per heavy atom. The van der Waals surface area contributed by atoms with Gasteiger partial charge in [-0.2, -0.15) is 13.2 Å². The number of aliphatic carboxylic acids is 1. The summed E-state index contributed by atoms with van der Waals surface area (Å²) in [4.78, 5) is 31.1. The van der Waals surface area contributed by atoms with Gasteiger partial charge in [-0.1, -0.05) is 0 Å². The van der Waals surface area contributed by atoms with Gasteiger partial charge in [0.25, 0.3) is 0 Å². The summed E-state index contributed by atoms with van der Waals surface area (Å²) in [5.74, 6) is -2.41. The molecule has 0 saturated carbocycles. The van der Waals surface area contributed by atoms with Crippen LogP contribution < -0.4 is 0 Å². The molecule has 2 fully saturated rings. The predicted octanol–water partition coefficient (Wildman–Crippen LogP) is 3.44. The van der Waals surface area contributed by atoms with Gasteiger partial charge >= 0.3 is 12.1 Å². The van der Waals surface area contributed by atoms with Gasteiger partial charge in [0.2, 0.25) is 5.91 Å². The molecule has 2 aromatic rings. The van der Waals surface area contributed by atoms with Crippen molar-refractivity contribution in [2.75, 3.05) is 19.6 Å². The Balaban J connectivity index is 0.000000360. The number of aryl methyl sites for hydroxylation is 2. The molecule has 0 bridgehead atoms. The Kier molecular flexibility index (Phi) is 7.29. The van der Waals surface area contributed by atoms with Crippen LogP contribution in [0.5, 0.6) is 0 Å². The van der Waals surface area contributed by atoms with Crippen LogP contribution in [0.3, 0.4) is 0 Å². The molecule has 176 valence electrons. The van der Waals surface area contributed by atoms with E-state index in [0.29, 0.717) is 12.5 Å². The van der Waals surface area contributed by atoms with Gasteiger partial charge in [0.15, 0.2) is 0 Å². The fraction of sp³-hybridized carbons (Fsp3) is 0.571. The molecule has 4 heterocycles. The number of thiazole rings is 1. The van der Waals surface area contributed by atoms with Crippen molar-refractivity contribution in [1.29, 1.82) is 0 Å². The molecule has 2 saturated heterocycles. The Bertz CT molecular complexity index is 958. The number of halogens is 3. The van der Waals surface area contributed by atoms with E-state index >= 15 is 0 Å². The number of rotatable bonds is 4. The Morgan fingerprint density at radius 3 is 2.56 bits per heavy atom. The van der Waals surface area contributed by atoms with Crippen LogP contribution in [0.4, 0.5) is 13.2 Å². The van der Waals surface area contributed by atoms with E-state index in [1.165, 1.54) is 5.69 Å². The number of carbonyl (C=O) groups is 2. The first-order chi connectivity index (χ1) is 15.0. The van der Waals surface area contributed by atoms with E-state index in [0.717, 1.165) is 56.1 Å². The highest BCUT2D eigenvalue weighted by atomic mass is 32.1. The number of carboxylic acids is 1. The number of amides is 1. The Labute approximate surface area is 188 Å². The lowest BCUT2D eigenvalue weighted by atomic mass is 9.78. The van der Waals surface area contributed by atoms with Crippen molar-refractivity contribution in [1.82, 2.24) is 19.4 Å². The lowest BCUT2D eigenvalue weighted by molar-refractivity contribution is -0.192. The fourth-order valence-electron chi connectivity index (χ4n) is 4.35. The minimum atomic E-state index is -5.08. The van der Waals surface area contributed by atoms with Crippen LogP contribution in [-0.4, -0.2) is 62.1 Å². The number of piperidine rings is 1. The van der Waals surface area contributed by atoms with E-state index in [-0.39, 0.29) is 5.41 Å². The van der Waals surface area contributed by atoms with E-state index in [2.05, 4.69) is 45.2 Å². The molecule has 0 aromatic carbocycles. The van der Waals surface area contributed by atoms with Crippen molar-refractivity contribution >= 4 is 23.2 Å². The normalized spacial score (nSPS) is 21.7. The van der Waals surface area contributed by atoms with Crippen LogP contribution >= 0.6 is 11.3 Å². The molecule has 1 unspecified atom stereocenters. The maximum Gasteiger partial charge on any atom is 0.490 e. The maximum absolute atomic E-state index is 13.2. The molecule has 11 heteroatoms. The van der Waals surface area contributed by atoms with Gasteiger partial charge in [-0.15, -0.1) is 11.3 Å². The van der Waals surface area contributed by atoms with E-state index in [1.807, 2.05) is 11.8 Å². The lowest BCUT2D eigenvalue weighted by Crippen LogP contribution is -2.47. The quantitative estimate of drug-likeness (QED) is 0.738. The van der Waals surface area contributed by atoms with Crippen LogP contribution in [0.2, 0.25) is 0 Å². The van der Waals surface area contributed by atoms with Crippen LogP contribution in [0.15, 0.2) is 23.7 Å². The van der Waals surface area contributed by atoms with Crippen LogP contribution in [0.25, 0.3) is 0 Å². The van der Waals surface area contributed by atoms with Crippen molar-refractivity contribution in [3.8, 4) is 0 Å². The SMILES string of the molecule is Cc1nc(CN2CCC3(CCCN(Cc4cccn4C)C3)C2=O)cs1.O=C(O)C(F)(F)F. The standard InChI is InChI=1S/C19H26N4OS.C2HF3O2/c1-15-20-16(13-25-15)11-23-10-7-19(18(23)24)6-4-9-22(14-19)12-17-5-3-8-21(17)2;3-2(4,5)1(6)7/h3,5,8,13H,4,6-7,9-12,14H2,1-2H3;(H,6,7). The summed E-state index contributed by atoms with van der Waals surface area (Å²) < 4.78 is 33.9. The average Bonchev–Trinajstić information content (AvgIpc) is 3.39. The third-order valence-corrected chi connectivity index (χ3v) is 6.78. The molecule has 32 heavy (non-hydrogen) atoms. The third kappa shape index (κ3) is 5.69. The first-order valence-corrected chi connectivity index (χ1v) is 11.2. The van der Waals surface area contributed by atoms with E-state index < -0.39 is 12.1 Å². The zero-order valence-corrected chi connectivity index (χ0v) is 18.9. The fourth-order valence-corrected chi connectivity index (χ4v) is 4.95. The summed E-state index contributed by atoms with van der Waals surface area (Å²) in [7, 11) is 2.09. The van der Waals surface area contributed by atoms with Gasteiger partial charge in [0.05, 0.1) is 22.7 Å². The van der Waals surface area contributed by atoms with E-state index in [4.69, 9.17) is 9.90 Å². The van der Waals surface area contributed by atoms with Gasteiger partial charge in [-0.25, -0.2) is 9.78 Å². The number of likely N-dealkylation sites (tertiary alicyclic amines) is 2. The molecule has 4 rings (SSSR count). The topological polar surface area (TPSA) is 78.7 Å². The second-order valence-electron chi connectivity index (χ2n) is 8.34. The number of alkyl halides is 3. The number of carboxylic acid groups (broad SMARTS) is 1. The summed E-state index contributed by atoms with van der Waals surface area (Å²) in [6, 6.07) is 4.27. The summed E-state index contributed by atoms with van der Waals surface area (Å²) >= 11 is 1.66. The van der Waals surface area contributed by atoms with Gasteiger partial charge in [0.1, 0.15) is 0 Å². The zero-order chi connectivity index (χ0) is 23.5. The van der Waals surface area contributed by atoms with Gasteiger partial charge in [0, 0.05) is 44.0 Å². The molecule has 1 amide bonds. The Morgan fingerprint density at radius 2 is 2.00 bits per heavy atom. The van der Waals surface area contributed by atoms with Crippen molar-refractivity contribution in [2.45, 2.75) is 45.5 Å². The summed E-state index contributed by atoms with van der Waals surface area (Å²) in [6.07, 6.45) is 0.133. The first-order valence-electron chi connectivity index (χ1n) is 10.3. The molecule has 1 N–H and O–H groups in total.